The number of hydrogen-bond acceptors (Lipinski definition) is 4. The van der Waals surface area contributed by atoms with Crippen LogP contribution < -0.4 is 10.5 Å². The van der Waals surface area contributed by atoms with E-state index >= 15 is 0 Å². The quantitative estimate of drug-likeness (QED) is 0.575. The van der Waals surface area contributed by atoms with E-state index in [1.54, 1.807) is 27.7 Å². The molecule has 0 aliphatic carbocycles. The summed E-state index contributed by atoms with van der Waals surface area (Å²) in [4.78, 5) is 31.5. The van der Waals surface area contributed by atoms with Gasteiger partial charge in [-0.3, -0.25) is 4.79 Å². The predicted octanol–water partition coefficient (Wildman–Crippen LogP) is 5.08. The fourth-order valence-corrected chi connectivity index (χ4v) is 3.15. The molecule has 1 amide bonds. The molecule has 0 aliphatic heterocycles. The molecule has 3 aromatic rings. The van der Waals surface area contributed by atoms with E-state index in [0.717, 1.165) is 27.7 Å². The molecular formula is C21H20ClF2N3O3. The van der Waals surface area contributed by atoms with Crippen molar-refractivity contribution in [3.8, 4) is 5.69 Å². The van der Waals surface area contributed by atoms with E-state index < -0.39 is 28.9 Å². The summed E-state index contributed by atoms with van der Waals surface area (Å²) in [5.74, 6) is -1.63. The van der Waals surface area contributed by atoms with Gasteiger partial charge in [-0.25, -0.2) is 28.0 Å². The minimum absolute atomic E-state index is 0.000313. The van der Waals surface area contributed by atoms with E-state index in [1.165, 1.54) is 18.2 Å². The Bertz CT molecular complexity index is 1170. The van der Waals surface area contributed by atoms with E-state index in [4.69, 9.17) is 16.3 Å². The highest BCUT2D eigenvalue weighted by atomic mass is 35.5. The van der Waals surface area contributed by atoms with Crippen molar-refractivity contribution in [3.05, 3.63) is 63.4 Å². The van der Waals surface area contributed by atoms with Crippen LogP contribution in [0.2, 0.25) is 5.02 Å². The smallest absolute Gasteiger partial charge is 0.417 e. The Balaban J connectivity index is 2.37. The van der Waals surface area contributed by atoms with Gasteiger partial charge in [-0.2, -0.15) is 0 Å². The van der Waals surface area contributed by atoms with E-state index in [1.807, 2.05) is 0 Å². The molecule has 0 N–H and O–H groups in total. The zero-order valence-electron chi connectivity index (χ0n) is 16.9. The van der Waals surface area contributed by atoms with E-state index in [2.05, 4.69) is 4.98 Å². The fourth-order valence-electron chi connectivity index (χ4n) is 2.93. The Labute approximate surface area is 176 Å². The van der Waals surface area contributed by atoms with Crippen molar-refractivity contribution in [1.29, 1.82) is 0 Å². The average molecular weight is 436 g/mol. The average Bonchev–Trinajstić information content (AvgIpc) is 2.59. The molecule has 6 nitrogen and oxygen atoms in total. The molecule has 0 saturated carbocycles. The zero-order chi connectivity index (χ0) is 22.2. The molecule has 1 aromatic heterocycles. The van der Waals surface area contributed by atoms with Crippen LogP contribution in [0.3, 0.4) is 0 Å². The van der Waals surface area contributed by atoms with Crippen LogP contribution in [-0.2, 0) is 4.74 Å². The minimum atomic E-state index is -0.809. The lowest BCUT2D eigenvalue weighted by Crippen LogP contribution is -2.40. The van der Waals surface area contributed by atoms with Crippen molar-refractivity contribution in [1.82, 2.24) is 9.55 Å². The Morgan fingerprint density at radius 1 is 1.23 bits per heavy atom. The molecule has 0 spiro atoms. The largest absolute Gasteiger partial charge is 0.443 e. The minimum Gasteiger partial charge on any atom is -0.443 e. The van der Waals surface area contributed by atoms with Crippen LogP contribution in [0.1, 0.15) is 27.7 Å². The number of halogens is 3. The summed E-state index contributed by atoms with van der Waals surface area (Å²) in [7, 11) is 0. The molecule has 0 unspecified atom stereocenters. The number of nitrogens with zero attached hydrogens (tertiary/aromatic N) is 3. The third-order valence-corrected chi connectivity index (χ3v) is 4.32. The Morgan fingerprint density at radius 3 is 2.53 bits per heavy atom. The summed E-state index contributed by atoms with van der Waals surface area (Å²) < 4.78 is 34.8. The first-order valence-electron chi connectivity index (χ1n) is 9.20. The second kappa shape index (κ2) is 8.02. The van der Waals surface area contributed by atoms with Gasteiger partial charge >= 0.3 is 6.09 Å². The van der Waals surface area contributed by atoms with Crippen molar-refractivity contribution in [2.24, 2.45) is 0 Å². The van der Waals surface area contributed by atoms with Crippen molar-refractivity contribution >= 4 is 34.5 Å². The van der Waals surface area contributed by atoms with Gasteiger partial charge in [0.2, 0.25) is 5.95 Å². The van der Waals surface area contributed by atoms with Gasteiger partial charge in [0.25, 0.3) is 5.56 Å². The zero-order valence-corrected chi connectivity index (χ0v) is 17.6. The number of amides is 1. The molecule has 30 heavy (non-hydrogen) atoms. The second-order valence-electron chi connectivity index (χ2n) is 7.54. The normalized spacial score (nSPS) is 11.6. The number of benzene rings is 2. The van der Waals surface area contributed by atoms with E-state index in [0.29, 0.717) is 0 Å². The van der Waals surface area contributed by atoms with Gasteiger partial charge in [0.05, 0.1) is 11.2 Å². The van der Waals surface area contributed by atoms with Crippen molar-refractivity contribution < 1.29 is 18.3 Å². The summed E-state index contributed by atoms with van der Waals surface area (Å²) >= 11 is 5.96. The lowest BCUT2D eigenvalue weighted by atomic mass is 10.2. The van der Waals surface area contributed by atoms with Crippen molar-refractivity contribution in [2.75, 3.05) is 11.4 Å². The molecule has 0 aliphatic rings. The Kier molecular flexibility index (Phi) is 5.81. The van der Waals surface area contributed by atoms with Gasteiger partial charge in [-0.1, -0.05) is 17.7 Å². The first kappa shape index (κ1) is 21.7. The number of carbonyl (C=O) groups is 1. The number of carbonyl (C=O) groups excluding carboxylic acids is 1. The Morgan fingerprint density at radius 2 is 1.93 bits per heavy atom. The first-order valence-corrected chi connectivity index (χ1v) is 9.58. The summed E-state index contributed by atoms with van der Waals surface area (Å²) in [6.07, 6.45) is -0.760. The van der Waals surface area contributed by atoms with Crippen LogP contribution >= 0.6 is 11.6 Å². The first-order chi connectivity index (χ1) is 14.0. The maximum Gasteiger partial charge on any atom is 0.417 e. The number of fused-ring (bicyclic) bond motifs is 1. The van der Waals surface area contributed by atoms with Crippen molar-refractivity contribution in [2.45, 2.75) is 33.3 Å². The maximum absolute atomic E-state index is 14.4. The predicted molar refractivity (Wildman–Crippen MR) is 112 cm³/mol. The van der Waals surface area contributed by atoms with Gasteiger partial charge in [-0.15, -0.1) is 0 Å². The molecule has 9 heteroatoms. The monoisotopic (exact) mass is 435 g/mol. The van der Waals surface area contributed by atoms with E-state index in [-0.39, 0.29) is 34.1 Å². The maximum atomic E-state index is 14.4. The highest BCUT2D eigenvalue weighted by Gasteiger charge is 2.28. The summed E-state index contributed by atoms with van der Waals surface area (Å²) in [5.41, 5.74) is -1.56. The third-order valence-electron chi connectivity index (χ3n) is 4.11. The Hall–Kier alpha value is -3.00. The van der Waals surface area contributed by atoms with Crippen LogP contribution in [0.4, 0.5) is 19.5 Å². The third kappa shape index (κ3) is 4.28. The fraction of sp³-hybridized carbons (Fsp3) is 0.286. The molecule has 1 heterocycles. The topological polar surface area (TPSA) is 64.4 Å². The number of anilines is 1. The van der Waals surface area contributed by atoms with Crippen LogP contribution in [0.15, 0.2) is 41.2 Å². The second-order valence-corrected chi connectivity index (χ2v) is 7.98. The van der Waals surface area contributed by atoms with Gasteiger partial charge in [-0.05, 0) is 58.0 Å². The molecule has 3 rings (SSSR count). The molecule has 0 saturated heterocycles. The lowest BCUT2D eigenvalue weighted by Gasteiger charge is -2.27. The molecule has 0 atom stereocenters. The number of aromatic nitrogens is 2. The van der Waals surface area contributed by atoms with Gasteiger partial charge in [0.1, 0.15) is 22.6 Å². The molecule has 158 valence electrons. The molecular weight excluding hydrogens is 416 g/mol. The number of ether oxygens (including phenoxy) is 1. The SMILES string of the molecule is CCN(C(=O)OC(C)(C)C)c1nc2cccc(F)c2c(=O)n1-c1cc(F)cc(Cl)c1. The summed E-state index contributed by atoms with van der Waals surface area (Å²) in [6.45, 7) is 6.84. The molecule has 2 aromatic carbocycles. The molecule has 0 fully saturated rings. The van der Waals surface area contributed by atoms with Crippen molar-refractivity contribution in [3.63, 3.8) is 0 Å². The van der Waals surface area contributed by atoms with E-state index in [9.17, 15) is 18.4 Å². The number of rotatable bonds is 3. The summed E-state index contributed by atoms with van der Waals surface area (Å²) in [6, 6.07) is 7.42. The van der Waals surface area contributed by atoms with Gasteiger partial charge in [0, 0.05) is 11.6 Å². The highest BCUT2D eigenvalue weighted by molar-refractivity contribution is 6.30. The highest BCUT2D eigenvalue weighted by Crippen LogP contribution is 2.25. The van der Waals surface area contributed by atoms with Crippen LogP contribution in [0.5, 0.6) is 0 Å². The van der Waals surface area contributed by atoms with Crippen LogP contribution in [-0.4, -0.2) is 27.8 Å². The standard InChI is InChI=1S/C21H20ClF2N3O3/c1-5-26(20(29)30-21(2,3)4)19-25-16-8-6-7-15(24)17(16)18(28)27(19)14-10-12(22)9-13(23)11-14/h6-11H,5H2,1-4H3. The number of hydrogen-bond donors (Lipinski definition) is 0. The van der Waals surface area contributed by atoms with Gasteiger partial charge < -0.3 is 4.74 Å². The lowest BCUT2D eigenvalue weighted by molar-refractivity contribution is 0.0579. The molecule has 0 bridgehead atoms. The van der Waals surface area contributed by atoms with Crippen LogP contribution in [0, 0.1) is 11.6 Å². The van der Waals surface area contributed by atoms with Crippen LogP contribution in [0.25, 0.3) is 16.6 Å². The summed E-state index contributed by atoms with van der Waals surface area (Å²) in [5, 5.41) is -0.265. The molecule has 0 radical (unpaired) electrons. The van der Waals surface area contributed by atoms with Gasteiger partial charge in [0.15, 0.2) is 0 Å².